The Balaban J connectivity index is 1.68. The molecule has 0 spiro atoms. The van der Waals surface area contributed by atoms with Crippen LogP contribution in [0.3, 0.4) is 0 Å². The second-order valence-corrected chi connectivity index (χ2v) is 6.08. The summed E-state index contributed by atoms with van der Waals surface area (Å²) in [7, 11) is 0. The van der Waals surface area contributed by atoms with Crippen molar-refractivity contribution in [1.82, 2.24) is 5.32 Å². The van der Waals surface area contributed by atoms with Crippen molar-refractivity contribution in [2.24, 2.45) is 0 Å². The number of benzene rings is 2. The van der Waals surface area contributed by atoms with E-state index in [1.54, 1.807) is 6.26 Å². The molecule has 0 fully saturated rings. The van der Waals surface area contributed by atoms with Gasteiger partial charge in [-0.2, -0.15) is 0 Å². The lowest BCUT2D eigenvalue weighted by Crippen LogP contribution is -2.30. The first-order valence-corrected chi connectivity index (χ1v) is 8.37. The molecule has 0 aliphatic heterocycles. The molecule has 1 aromatic heterocycles. The van der Waals surface area contributed by atoms with Crippen molar-refractivity contribution in [2.45, 2.75) is 10.9 Å². The van der Waals surface area contributed by atoms with E-state index in [0.29, 0.717) is 5.75 Å². The summed E-state index contributed by atoms with van der Waals surface area (Å²) in [6, 6.07) is 23.2. The Morgan fingerprint density at radius 2 is 1.65 bits per heavy atom. The predicted octanol–water partition coefficient (Wildman–Crippen LogP) is 4.28. The summed E-state index contributed by atoms with van der Waals surface area (Å²) in [6.07, 6.45) is 1.62. The molecule has 1 atom stereocenters. The van der Waals surface area contributed by atoms with Gasteiger partial charge in [0, 0.05) is 4.90 Å². The van der Waals surface area contributed by atoms with Crippen LogP contribution in [0.1, 0.15) is 17.4 Å². The third kappa shape index (κ3) is 4.27. The molecule has 0 saturated carbocycles. The average Bonchev–Trinajstić information content (AvgIpc) is 3.14. The lowest BCUT2D eigenvalue weighted by Gasteiger charge is -2.17. The Morgan fingerprint density at radius 1 is 0.957 bits per heavy atom. The molecule has 0 saturated heterocycles. The van der Waals surface area contributed by atoms with Crippen LogP contribution >= 0.6 is 11.8 Å². The van der Waals surface area contributed by atoms with E-state index in [0.717, 1.165) is 16.2 Å². The van der Waals surface area contributed by atoms with Crippen molar-refractivity contribution in [1.29, 1.82) is 0 Å². The maximum absolute atomic E-state index is 12.3. The fourth-order valence-corrected chi connectivity index (χ4v) is 3.02. The summed E-state index contributed by atoms with van der Waals surface area (Å²) >= 11 is 1.52. The van der Waals surface area contributed by atoms with Gasteiger partial charge in [0.15, 0.2) is 0 Å². The normalized spacial score (nSPS) is 11.8. The van der Waals surface area contributed by atoms with Gasteiger partial charge in [0.05, 0.1) is 12.0 Å². The predicted molar refractivity (Wildman–Crippen MR) is 92.3 cm³/mol. The number of amides is 1. The second-order valence-electron chi connectivity index (χ2n) is 5.03. The molecule has 0 bridgehead atoms. The monoisotopic (exact) mass is 323 g/mol. The smallest absolute Gasteiger partial charge is 0.231 e. The van der Waals surface area contributed by atoms with Crippen molar-refractivity contribution >= 4 is 17.7 Å². The van der Waals surface area contributed by atoms with Gasteiger partial charge in [-0.3, -0.25) is 4.79 Å². The zero-order valence-corrected chi connectivity index (χ0v) is 13.3. The minimum Gasteiger partial charge on any atom is -0.467 e. The van der Waals surface area contributed by atoms with Crippen molar-refractivity contribution in [3.63, 3.8) is 0 Å². The van der Waals surface area contributed by atoms with E-state index in [1.807, 2.05) is 72.8 Å². The van der Waals surface area contributed by atoms with Crippen LogP contribution in [-0.2, 0) is 4.79 Å². The van der Waals surface area contributed by atoms with Gasteiger partial charge in [-0.1, -0.05) is 48.5 Å². The molecule has 4 heteroatoms. The highest BCUT2D eigenvalue weighted by Gasteiger charge is 2.19. The van der Waals surface area contributed by atoms with Crippen molar-refractivity contribution in [3.8, 4) is 0 Å². The highest BCUT2D eigenvalue weighted by atomic mass is 32.2. The minimum absolute atomic E-state index is 0.0240. The molecule has 3 rings (SSSR count). The van der Waals surface area contributed by atoms with E-state index >= 15 is 0 Å². The highest BCUT2D eigenvalue weighted by molar-refractivity contribution is 8.00. The fourth-order valence-electron chi connectivity index (χ4n) is 2.29. The quantitative estimate of drug-likeness (QED) is 0.689. The minimum atomic E-state index is -0.268. The molecule has 1 heterocycles. The standard InChI is InChI=1S/C19H17NO2S/c21-18(14-23-16-10-5-2-6-11-16)20-19(17-12-7-13-22-17)15-8-3-1-4-9-15/h1-13,19H,14H2,(H,20,21). The molecule has 1 amide bonds. The van der Waals surface area contributed by atoms with E-state index in [9.17, 15) is 4.79 Å². The summed E-state index contributed by atoms with van der Waals surface area (Å²) in [5.41, 5.74) is 1.00. The molecule has 0 aliphatic rings. The number of nitrogens with one attached hydrogen (secondary N) is 1. The van der Waals surface area contributed by atoms with Crippen LogP contribution in [0.4, 0.5) is 0 Å². The number of hydrogen-bond donors (Lipinski definition) is 1. The molecule has 1 unspecified atom stereocenters. The molecule has 0 radical (unpaired) electrons. The van der Waals surface area contributed by atoms with Gasteiger partial charge in [-0.15, -0.1) is 11.8 Å². The summed E-state index contributed by atoms with van der Waals surface area (Å²) in [5.74, 6) is 1.08. The zero-order chi connectivity index (χ0) is 15.9. The second kappa shape index (κ2) is 7.70. The first kappa shape index (κ1) is 15.4. The summed E-state index contributed by atoms with van der Waals surface area (Å²) in [6.45, 7) is 0. The Hall–Kier alpha value is -2.46. The van der Waals surface area contributed by atoms with E-state index < -0.39 is 0 Å². The van der Waals surface area contributed by atoms with Crippen molar-refractivity contribution < 1.29 is 9.21 Å². The molecule has 116 valence electrons. The molecule has 3 aromatic rings. The SMILES string of the molecule is O=C(CSc1ccccc1)NC(c1ccccc1)c1ccco1. The zero-order valence-electron chi connectivity index (χ0n) is 12.5. The molecule has 1 N–H and O–H groups in total. The Morgan fingerprint density at radius 3 is 2.30 bits per heavy atom. The van der Waals surface area contributed by atoms with Gasteiger partial charge < -0.3 is 9.73 Å². The van der Waals surface area contributed by atoms with Gasteiger partial charge in [0.2, 0.25) is 5.91 Å². The van der Waals surface area contributed by atoms with Gasteiger partial charge in [-0.25, -0.2) is 0 Å². The van der Waals surface area contributed by atoms with E-state index in [4.69, 9.17) is 4.42 Å². The lowest BCUT2D eigenvalue weighted by molar-refractivity contribution is -0.119. The highest BCUT2D eigenvalue weighted by Crippen LogP contribution is 2.23. The third-order valence-corrected chi connectivity index (χ3v) is 4.39. The van der Waals surface area contributed by atoms with Crippen molar-refractivity contribution in [3.05, 3.63) is 90.4 Å². The Kier molecular flexibility index (Phi) is 5.17. The Bertz CT molecular complexity index is 727. The first-order chi connectivity index (χ1) is 11.3. The van der Waals surface area contributed by atoms with Crippen LogP contribution in [0.25, 0.3) is 0 Å². The number of carbonyl (C=O) groups is 1. The van der Waals surface area contributed by atoms with Crippen LogP contribution in [0.2, 0.25) is 0 Å². The van der Waals surface area contributed by atoms with Crippen molar-refractivity contribution in [2.75, 3.05) is 5.75 Å². The van der Waals surface area contributed by atoms with E-state index in [-0.39, 0.29) is 11.9 Å². The topological polar surface area (TPSA) is 42.2 Å². The molecular weight excluding hydrogens is 306 g/mol. The van der Waals surface area contributed by atoms with Gasteiger partial charge in [0.1, 0.15) is 11.8 Å². The van der Waals surface area contributed by atoms with E-state index in [1.165, 1.54) is 11.8 Å². The first-order valence-electron chi connectivity index (χ1n) is 7.38. The van der Waals surface area contributed by atoms with E-state index in [2.05, 4.69) is 5.32 Å². The van der Waals surface area contributed by atoms with Gasteiger partial charge >= 0.3 is 0 Å². The molecule has 2 aromatic carbocycles. The van der Waals surface area contributed by atoms with Crippen LogP contribution in [-0.4, -0.2) is 11.7 Å². The van der Waals surface area contributed by atoms with Crippen LogP contribution in [0, 0.1) is 0 Å². The summed E-state index contributed by atoms with van der Waals surface area (Å²) in [4.78, 5) is 13.4. The average molecular weight is 323 g/mol. The Labute approximate surface area is 139 Å². The largest absolute Gasteiger partial charge is 0.467 e. The van der Waals surface area contributed by atoms with Gasteiger partial charge in [-0.05, 0) is 29.8 Å². The summed E-state index contributed by atoms with van der Waals surface area (Å²) < 4.78 is 5.49. The maximum Gasteiger partial charge on any atom is 0.231 e. The van der Waals surface area contributed by atoms with Crippen LogP contribution < -0.4 is 5.32 Å². The molecule has 3 nitrogen and oxygen atoms in total. The maximum atomic E-state index is 12.3. The number of furan rings is 1. The number of rotatable bonds is 6. The van der Waals surface area contributed by atoms with Crippen LogP contribution in [0.15, 0.2) is 88.4 Å². The number of hydrogen-bond acceptors (Lipinski definition) is 3. The molecule has 23 heavy (non-hydrogen) atoms. The lowest BCUT2D eigenvalue weighted by atomic mass is 10.0. The summed E-state index contributed by atoms with van der Waals surface area (Å²) in [5, 5.41) is 3.05. The van der Waals surface area contributed by atoms with Gasteiger partial charge in [0.25, 0.3) is 0 Å². The fraction of sp³-hybridized carbons (Fsp3) is 0.105. The molecular formula is C19H17NO2S. The number of thioether (sulfide) groups is 1. The third-order valence-electron chi connectivity index (χ3n) is 3.38. The van der Waals surface area contributed by atoms with Crippen LogP contribution in [0.5, 0.6) is 0 Å². The molecule has 0 aliphatic carbocycles. The number of carbonyl (C=O) groups excluding carboxylic acids is 1.